The van der Waals surface area contributed by atoms with E-state index >= 15 is 0 Å². The zero-order valence-corrected chi connectivity index (χ0v) is 18.4. The molecule has 4 nitrogen and oxygen atoms in total. The molecule has 2 aromatic heterocycles. The van der Waals surface area contributed by atoms with Crippen LogP contribution >= 0.6 is 11.8 Å². The van der Waals surface area contributed by atoms with Gasteiger partial charge in [-0.05, 0) is 54.8 Å². The minimum absolute atomic E-state index is 0.289. The van der Waals surface area contributed by atoms with E-state index < -0.39 is 0 Å². The van der Waals surface area contributed by atoms with Crippen LogP contribution in [0.1, 0.15) is 16.7 Å². The summed E-state index contributed by atoms with van der Waals surface area (Å²) in [4.78, 5) is 12.2. The van der Waals surface area contributed by atoms with Gasteiger partial charge in [0.25, 0.3) is 0 Å². The van der Waals surface area contributed by atoms with E-state index in [1.165, 1.54) is 23.9 Å². The zero-order valence-electron chi connectivity index (χ0n) is 17.6. The molecule has 3 aromatic carbocycles. The predicted octanol–water partition coefficient (Wildman–Crippen LogP) is 6.45. The van der Waals surface area contributed by atoms with Crippen molar-refractivity contribution in [3.8, 4) is 11.3 Å². The van der Waals surface area contributed by atoms with Crippen LogP contribution < -0.4 is 5.63 Å². The molecular weight excluding hydrogens is 423 g/mol. The van der Waals surface area contributed by atoms with Gasteiger partial charge < -0.3 is 4.42 Å². The second-order valence-corrected chi connectivity index (χ2v) is 8.63. The molecule has 0 bridgehead atoms. The van der Waals surface area contributed by atoms with Crippen molar-refractivity contribution in [2.75, 3.05) is 0 Å². The summed E-state index contributed by atoms with van der Waals surface area (Å²) >= 11 is 1.53. The van der Waals surface area contributed by atoms with Gasteiger partial charge in [-0.15, -0.1) is 10.2 Å². The summed E-state index contributed by atoms with van der Waals surface area (Å²) in [5.74, 6) is 0.266. The average Bonchev–Trinajstić information content (AvgIpc) is 2.80. The second-order valence-electron chi connectivity index (χ2n) is 7.67. The lowest BCUT2D eigenvalue weighted by atomic mass is 10.0. The molecule has 0 fully saturated rings. The van der Waals surface area contributed by atoms with Gasteiger partial charge in [0, 0.05) is 33.5 Å². The van der Waals surface area contributed by atoms with Crippen molar-refractivity contribution in [2.24, 2.45) is 0 Å². The summed E-state index contributed by atoms with van der Waals surface area (Å²) in [6, 6.07) is 19.7. The Morgan fingerprint density at radius 2 is 1.66 bits per heavy atom. The first-order chi connectivity index (χ1) is 15.5. The standard InChI is InChI=1S/C26H19FN2O2S/c1-15-7-12-20-18(13-23(30)31-25(20)16(15)2)14-32-26-22-6-4-3-5-21(22)24(28-29-26)17-8-10-19(27)11-9-17/h3-13H,14H2,1-2H3. The van der Waals surface area contributed by atoms with Crippen molar-refractivity contribution < 1.29 is 8.81 Å². The first-order valence-corrected chi connectivity index (χ1v) is 11.2. The summed E-state index contributed by atoms with van der Waals surface area (Å²) in [6.45, 7) is 3.96. The summed E-state index contributed by atoms with van der Waals surface area (Å²) in [5, 5.41) is 12.5. The molecule has 0 N–H and O–H groups in total. The van der Waals surface area contributed by atoms with Gasteiger partial charge in [0.1, 0.15) is 22.1 Å². The summed E-state index contributed by atoms with van der Waals surface area (Å²) < 4.78 is 18.9. The summed E-state index contributed by atoms with van der Waals surface area (Å²) in [7, 11) is 0. The van der Waals surface area contributed by atoms with Crippen LogP contribution in [0.3, 0.4) is 0 Å². The first-order valence-electron chi connectivity index (χ1n) is 10.2. The highest BCUT2D eigenvalue weighted by molar-refractivity contribution is 7.98. The lowest BCUT2D eigenvalue weighted by Gasteiger charge is -2.11. The van der Waals surface area contributed by atoms with Crippen LogP contribution in [-0.4, -0.2) is 10.2 Å². The normalized spacial score (nSPS) is 11.3. The Hall–Kier alpha value is -3.51. The van der Waals surface area contributed by atoms with Gasteiger partial charge in [-0.25, -0.2) is 9.18 Å². The lowest BCUT2D eigenvalue weighted by molar-refractivity contribution is 0.557. The van der Waals surface area contributed by atoms with Crippen molar-refractivity contribution in [3.63, 3.8) is 0 Å². The highest BCUT2D eigenvalue weighted by Gasteiger charge is 2.14. The van der Waals surface area contributed by atoms with Crippen LogP contribution in [0.15, 0.2) is 81.0 Å². The maximum absolute atomic E-state index is 13.4. The molecule has 0 saturated carbocycles. The topological polar surface area (TPSA) is 56.0 Å². The molecule has 6 heteroatoms. The van der Waals surface area contributed by atoms with E-state index in [2.05, 4.69) is 10.2 Å². The van der Waals surface area contributed by atoms with Crippen LogP contribution in [0.2, 0.25) is 0 Å². The van der Waals surface area contributed by atoms with Crippen LogP contribution in [-0.2, 0) is 5.75 Å². The fourth-order valence-electron chi connectivity index (χ4n) is 3.80. The van der Waals surface area contributed by atoms with Crippen LogP contribution in [0.25, 0.3) is 33.0 Å². The highest BCUT2D eigenvalue weighted by atomic mass is 32.2. The van der Waals surface area contributed by atoms with Crippen molar-refractivity contribution in [2.45, 2.75) is 24.6 Å². The molecule has 0 radical (unpaired) electrons. The van der Waals surface area contributed by atoms with E-state index in [0.717, 1.165) is 43.4 Å². The number of fused-ring (bicyclic) bond motifs is 2. The summed E-state index contributed by atoms with van der Waals surface area (Å²) in [5.41, 5.74) is 4.75. The number of halogens is 1. The fraction of sp³-hybridized carbons (Fsp3) is 0.115. The van der Waals surface area contributed by atoms with Gasteiger partial charge in [-0.1, -0.05) is 48.2 Å². The number of nitrogens with zero attached hydrogens (tertiary/aromatic N) is 2. The Morgan fingerprint density at radius 1 is 0.906 bits per heavy atom. The Morgan fingerprint density at radius 3 is 2.44 bits per heavy atom. The Bertz CT molecular complexity index is 1530. The number of benzene rings is 3. The van der Waals surface area contributed by atoms with Gasteiger partial charge in [0.2, 0.25) is 0 Å². The van der Waals surface area contributed by atoms with Crippen LogP contribution in [0.4, 0.5) is 4.39 Å². The Kier molecular flexibility index (Phi) is 5.23. The van der Waals surface area contributed by atoms with Crippen molar-refractivity contribution >= 4 is 33.5 Å². The highest BCUT2D eigenvalue weighted by Crippen LogP contribution is 2.34. The van der Waals surface area contributed by atoms with Crippen molar-refractivity contribution in [1.82, 2.24) is 10.2 Å². The molecule has 0 spiro atoms. The summed E-state index contributed by atoms with van der Waals surface area (Å²) in [6.07, 6.45) is 0. The van der Waals surface area contributed by atoms with E-state index in [9.17, 15) is 9.18 Å². The molecule has 0 saturated heterocycles. The molecule has 0 aliphatic carbocycles. The molecule has 2 heterocycles. The number of hydrogen-bond acceptors (Lipinski definition) is 5. The van der Waals surface area contributed by atoms with Crippen LogP contribution in [0.5, 0.6) is 0 Å². The molecule has 0 aliphatic rings. The van der Waals surface area contributed by atoms with Gasteiger partial charge in [-0.3, -0.25) is 0 Å². The third-order valence-electron chi connectivity index (χ3n) is 5.65. The Balaban J connectivity index is 1.55. The number of hydrogen-bond donors (Lipinski definition) is 0. The van der Waals surface area contributed by atoms with Gasteiger partial charge >= 0.3 is 5.63 Å². The van der Waals surface area contributed by atoms with E-state index in [1.54, 1.807) is 18.2 Å². The van der Waals surface area contributed by atoms with E-state index in [0.29, 0.717) is 17.0 Å². The predicted molar refractivity (Wildman–Crippen MR) is 126 cm³/mol. The van der Waals surface area contributed by atoms with Gasteiger partial charge in [0.15, 0.2) is 0 Å². The third-order valence-corrected chi connectivity index (χ3v) is 6.68. The maximum atomic E-state index is 13.4. The lowest BCUT2D eigenvalue weighted by Crippen LogP contribution is -2.02. The minimum Gasteiger partial charge on any atom is -0.422 e. The van der Waals surface area contributed by atoms with Gasteiger partial charge in [0.05, 0.1) is 0 Å². The van der Waals surface area contributed by atoms with Crippen molar-refractivity contribution in [3.05, 3.63) is 99.7 Å². The van der Waals surface area contributed by atoms with Crippen LogP contribution in [0, 0.1) is 19.7 Å². The molecule has 158 valence electrons. The smallest absolute Gasteiger partial charge is 0.336 e. The zero-order chi connectivity index (χ0) is 22.2. The number of aromatic nitrogens is 2. The first kappa shape index (κ1) is 20.4. The maximum Gasteiger partial charge on any atom is 0.336 e. The number of thioether (sulfide) groups is 1. The quantitative estimate of drug-likeness (QED) is 0.236. The molecule has 0 amide bonds. The van der Waals surface area contributed by atoms with E-state index in [-0.39, 0.29) is 11.4 Å². The second kappa shape index (κ2) is 8.20. The molecule has 0 unspecified atom stereocenters. The molecule has 32 heavy (non-hydrogen) atoms. The minimum atomic E-state index is -0.357. The van der Waals surface area contributed by atoms with E-state index in [1.807, 2.05) is 50.2 Å². The largest absolute Gasteiger partial charge is 0.422 e. The number of aryl methyl sites for hydroxylation is 2. The Labute approximate surface area is 188 Å². The molecule has 5 rings (SSSR count). The monoisotopic (exact) mass is 442 g/mol. The molecule has 0 atom stereocenters. The third kappa shape index (κ3) is 3.67. The number of rotatable bonds is 4. The SMILES string of the molecule is Cc1ccc2c(CSc3nnc(-c4ccc(F)cc4)c4ccccc34)cc(=O)oc2c1C. The van der Waals surface area contributed by atoms with Crippen molar-refractivity contribution in [1.29, 1.82) is 0 Å². The fourth-order valence-corrected chi connectivity index (χ4v) is 4.76. The molecule has 5 aromatic rings. The van der Waals surface area contributed by atoms with E-state index in [4.69, 9.17) is 4.42 Å². The molecule has 0 aliphatic heterocycles. The molecular formula is C26H19FN2O2S. The average molecular weight is 443 g/mol. The van der Waals surface area contributed by atoms with Gasteiger partial charge in [-0.2, -0.15) is 0 Å².